The van der Waals surface area contributed by atoms with Crippen LogP contribution in [0, 0.1) is 0 Å². The molecule has 0 aliphatic rings. The number of nitrogens with one attached hydrogen (secondary N) is 1. The van der Waals surface area contributed by atoms with Gasteiger partial charge in [0.05, 0.1) is 25.2 Å². The second-order valence-corrected chi connectivity index (χ2v) is 19.1. The van der Waals surface area contributed by atoms with E-state index in [0.717, 1.165) is 57.8 Å². The number of aliphatic hydroxyl groups excluding tert-OH is 2. The molecule has 0 aliphatic heterocycles. The first-order valence-corrected chi connectivity index (χ1v) is 28.1. The quantitative estimate of drug-likeness (QED) is 0.0321. The SMILES string of the molecule is CC/C=C/C=C/C=C\C=C/C=C/CCCC(CC(=O)NC(CO)C(O)CCCCCCCCCCCCCCCCC)OC(=O)CCCCCCCCCCCCCCCCCCCC. The Morgan fingerprint density at radius 2 is 0.831 bits per heavy atom. The predicted octanol–water partition coefficient (Wildman–Crippen LogP) is 17.2. The Balaban J connectivity index is 4.57. The highest BCUT2D eigenvalue weighted by atomic mass is 16.5. The van der Waals surface area contributed by atoms with Crippen molar-refractivity contribution in [3.63, 3.8) is 0 Å². The van der Waals surface area contributed by atoms with Gasteiger partial charge in [0, 0.05) is 6.42 Å². The number of allylic oxidation sites excluding steroid dienone is 10. The van der Waals surface area contributed by atoms with Gasteiger partial charge in [-0.25, -0.2) is 0 Å². The lowest BCUT2D eigenvalue weighted by Gasteiger charge is -2.24. The average molecular weight is 911 g/mol. The van der Waals surface area contributed by atoms with E-state index in [2.05, 4.69) is 38.2 Å². The molecule has 0 fully saturated rings. The van der Waals surface area contributed by atoms with Crippen LogP contribution in [0.1, 0.15) is 278 Å². The fourth-order valence-electron chi connectivity index (χ4n) is 8.52. The summed E-state index contributed by atoms with van der Waals surface area (Å²) in [6.45, 7) is 6.35. The highest BCUT2D eigenvalue weighted by molar-refractivity contribution is 5.77. The molecule has 0 bridgehead atoms. The topological polar surface area (TPSA) is 95.9 Å². The molecule has 6 heteroatoms. The van der Waals surface area contributed by atoms with Crippen molar-refractivity contribution < 1.29 is 24.5 Å². The molecule has 0 saturated carbocycles. The lowest BCUT2D eigenvalue weighted by molar-refractivity contribution is -0.151. The third-order valence-electron chi connectivity index (χ3n) is 12.7. The molecule has 0 aromatic heterocycles. The third-order valence-corrected chi connectivity index (χ3v) is 12.7. The Morgan fingerprint density at radius 1 is 0.462 bits per heavy atom. The molecule has 3 N–H and O–H groups in total. The maximum atomic E-state index is 13.2. The molecule has 0 aromatic rings. The highest BCUT2D eigenvalue weighted by Gasteiger charge is 2.24. The number of carbonyl (C=O) groups is 2. The molecule has 378 valence electrons. The van der Waals surface area contributed by atoms with Crippen molar-refractivity contribution >= 4 is 11.9 Å². The summed E-state index contributed by atoms with van der Waals surface area (Å²) in [6, 6.07) is -0.725. The van der Waals surface area contributed by atoms with E-state index in [4.69, 9.17) is 4.74 Å². The molecule has 0 rings (SSSR count). The van der Waals surface area contributed by atoms with Crippen molar-refractivity contribution in [1.29, 1.82) is 0 Å². The second-order valence-electron chi connectivity index (χ2n) is 19.1. The van der Waals surface area contributed by atoms with E-state index in [0.29, 0.717) is 19.3 Å². The Kier molecular flexibility index (Phi) is 50.6. The van der Waals surface area contributed by atoms with Crippen molar-refractivity contribution in [2.24, 2.45) is 0 Å². The number of carbonyl (C=O) groups excluding carboxylic acids is 2. The largest absolute Gasteiger partial charge is 0.462 e. The van der Waals surface area contributed by atoms with E-state index in [-0.39, 0.29) is 24.9 Å². The first-order chi connectivity index (χ1) is 32.0. The van der Waals surface area contributed by atoms with E-state index in [1.165, 1.54) is 173 Å². The maximum Gasteiger partial charge on any atom is 0.306 e. The van der Waals surface area contributed by atoms with Gasteiger partial charge in [-0.2, -0.15) is 0 Å². The monoisotopic (exact) mass is 910 g/mol. The zero-order valence-electron chi connectivity index (χ0n) is 43.1. The van der Waals surface area contributed by atoms with E-state index < -0.39 is 18.2 Å². The van der Waals surface area contributed by atoms with Crippen LogP contribution in [0.2, 0.25) is 0 Å². The molecular formula is C59H107NO5. The summed E-state index contributed by atoms with van der Waals surface area (Å²) < 4.78 is 5.91. The van der Waals surface area contributed by atoms with Crippen molar-refractivity contribution in [3.05, 3.63) is 60.8 Å². The summed E-state index contributed by atoms with van der Waals surface area (Å²) >= 11 is 0. The highest BCUT2D eigenvalue weighted by Crippen LogP contribution is 2.18. The molecule has 1 amide bonds. The average Bonchev–Trinajstić information content (AvgIpc) is 3.30. The van der Waals surface area contributed by atoms with Gasteiger partial charge in [-0.1, -0.05) is 287 Å². The molecule has 0 saturated heterocycles. The van der Waals surface area contributed by atoms with Crippen molar-refractivity contribution in [2.75, 3.05) is 6.61 Å². The minimum Gasteiger partial charge on any atom is -0.462 e. The van der Waals surface area contributed by atoms with Crippen LogP contribution >= 0.6 is 0 Å². The number of hydrogen-bond acceptors (Lipinski definition) is 5. The van der Waals surface area contributed by atoms with E-state index in [1.54, 1.807) is 0 Å². The normalized spacial score (nSPS) is 13.6. The molecular weight excluding hydrogens is 803 g/mol. The Hall–Kier alpha value is -2.44. The van der Waals surface area contributed by atoms with E-state index in [1.807, 2.05) is 48.6 Å². The fourth-order valence-corrected chi connectivity index (χ4v) is 8.52. The Morgan fingerprint density at radius 3 is 1.23 bits per heavy atom. The van der Waals surface area contributed by atoms with Gasteiger partial charge in [0.2, 0.25) is 5.91 Å². The van der Waals surface area contributed by atoms with Crippen LogP contribution in [0.5, 0.6) is 0 Å². The van der Waals surface area contributed by atoms with Gasteiger partial charge in [-0.15, -0.1) is 0 Å². The van der Waals surface area contributed by atoms with E-state index >= 15 is 0 Å². The molecule has 0 radical (unpaired) electrons. The van der Waals surface area contributed by atoms with Gasteiger partial charge in [0.25, 0.3) is 0 Å². The molecule has 65 heavy (non-hydrogen) atoms. The zero-order chi connectivity index (χ0) is 47.4. The lowest BCUT2D eigenvalue weighted by Crippen LogP contribution is -2.46. The van der Waals surface area contributed by atoms with Gasteiger partial charge in [-0.05, 0) is 38.5 Å². The maximum absolute atomic E-state index is 13.2. The van der Waals surface area contributed by atoms with E-state index in [9.17, 15) is 19.8 Å². The van der Waals surface area contributed by atoms with Crippen LogP contribution in [0.25, 0.3) is 0 Å². The summed E-state index contributed by atoms with van der Waals surface area (Å²) in [4.78, 5) is 26.2. The number of hydrogen-bond donors (Lipinski definition) is 3. The summed E-state index contributed by atoms with van der Waals surface area (Å²) in [6.07, 6.45) is 65.8. The predicted molar refractivity (Wildman–Crippen MR) is 282 cm³/mol. The van der Waals surface area contributed by atoms with Crippen LogP contribution in [0.4, 0.5) is 0 Å². The number of aliphatic hydroxyl groups is 2. The van der Waals surface area contributed by atoms with Gasteiger partial charge in [0.15, 0.2) is 0 Å². The molecule has 6 nitrogen and oxygen atoms in total. The third kappa shape index (κ3) is 47.8. The standard InChI is InChI=1S/C59H107NO5/c1-4-7-10-13-16-19-22-25-27-28-29-31-34-37-40-43-46-49-52-59(64)65-55(50-47-44-41-38-35-32-24-21-18-15-12-9-6-3)53-58(63)60-56(54-61)57(62)51-48-45-42-39-36-33-30-26-23-20-17-14-11-8-5-2/h9,12,15,18,21,24,32,35,38,41,55-57,61-62H,4-8,10-11,13-14,16-17,19-20,22-23,25-31,33-34,36-37,39-40,42-54H2,1-3H3,(H,60,63)/b12-9+,18-15+,24-21-,35-32-,41-38+. The number of rotatable bonds is 50. The smallest absolute Gasteiger partial charge is 0.306 e. The van der Waals surface area contributed by atoms with Gasteiger partial charge in [0.1, 0.15) is 6.10 Å². The molecule has 0 spiro atoms. The van der Waals surface area contributed by atoms with Gasteiger partial charge in [-0.3, -0.25) is 9.59 Å². The Labute approximate surface area is 403 Å². The minimum atomic E-state index is -0.807. The summed E-state index contributed by atoms with van der Waals surface area (Å²) in [5.41, 5.74) is 0. The minimum absolute atomic E-state index is 0.0302. The number of unbranched alkanes of at least 4 members (excludes halogenated alkanes) is 32. The first-order valence-electron chi connectivity index (χ1n) is 28.1. The lowest BCUT2D eigenvalue weighted by atomic mass is 10.0. The summed E-state index contributed by atoms with van der Waals surface area (Å²) in [5, 5.41) is 23.8. The van der Waals surface area contributed by atoms with Crippen LogP contribution in [-0.2, 0) is 14.3 Å². The Bertz CT molecular complexity index is 1160. The van der Waals surface area contributed by atoms with Crippen LogP contribution in [-0.4, -0.2) is 46.9 Å². The van der Waals surface area contributed by atoms with Gasteiger partial charge >= 0.3 is 5.97 Å². The van der Waals surface area contributed by atoms with Crippen molar-refractivity contribution in [2.45, 2.75) is 296 Å². The van der Waals surface area contributed by atoms with Crippen LogP contribution in [0.15, 0.2) is 60.8 Å². The van der Waals surface area contributed by atoms with Crippen LogP contribution < -0.4 is 5.32 Å². The first kappa shape index (κ1) is 62.6. The molecule has 3 unspecified atom stereocenters. The van der Waals surface area contributed by atoms with Crippen molar-refractivity contribution in [1.82, 2.24) is 5.32 Å². The van der Waals surface area contributed by atoms with Crippen molar-refractivity contribution in [3.8, 4) is 0 Å². The summed E-state index contributed by atoms with van der Waals surface area (Å²) in [7, 11) is 0. The molecule has 3 atom stereocenters. The number of amides is 1. The second kappa shape index (κ2) is 52.5. The zero-order valence-corrected chi connectivity index (χ0v) is 43.1. The molecule has 0 aromatic carbocycles. The fraction of sp³-hybridized carbons (Fsp3) is 0.797. The number of ether oxygens (including phenoxy) is 1. The number of esters is 1. The van der Waals surface area contributed by atoms with Crippen LogP contribution in [0.3, 0.4) is 0 Å². The molecule has 0 aliphatic carbocycles. The van der Waals surface area contributed by atoms with Gasteiger partial charge < -0.3 is 20.3 Å². The summed E-state index contributed by atoms with van der Waals surface area (Å²) in [5.74, 6) is -0.536. The molecule has 0 heterocycles.